The molecule has 0 aliphatic carbocycles. The van der Waals surface area contributed by atoms with E-state index in [0.717, 1.165) is 35.3 Å². The second kappa shape index (κ2) is 16.2. The fourth-order valence-electron chi connectivity index (χ4n) is 3.67. The predicted molar refractivity (Wildman–Crippen MR) is 156 cm³/mol. The molecule has 0 bridgehead atoms. The number of phenols is 1. The number of benzene rings is 1. The Morgan fingerprint density at radius 2 is 1.84 bits per heavy atom. The van der Waals surface area contributed by atoms with Crippen molar-refractivity contribution >= 4 is 39.5 Å². The Morgan fingerprint density at radius 3 is 2.49 bits per heavy atom. The van der Waals surface area contributed by atoms with Crippen LogP contribution in [0.1, 0.15) is 50.4 Å². The second-order valence-electron chi connectivity index (χ2n) is 9.77. The van der Waals surface area contributed by atoms with Crippen LogP contribution < -0.4 is 20.9 Å². The minimum Gasteiger partial charge on any atom is -0.507 e. The van der Waals surface area contributed by atoms with E-state index in [1.807, 2.05) is 13.8 Å². The van der Waals surface area contributed by atoms with Crippen LogP contribution in [0.5, 0.6) is 5.75 Å². The molecule has 234 valence electrons. The number of amides is 2. The van der Waals surface area contributed by atoms with Crippen LogP contribution in [0.15, 0.2) is 58.4 Å². The third-order valence-corrected chi connectivity index (χ3v) is 7.39. The number of carbonyl (C=O) groups is 4. The van der Waals surface area contributed by atoms with Crippen molar-refractivity contribution in [1.29, 1.82) is 0 Å². The molecule has 0 saturated carbocycles. The number of hydrogen-bond donors (Lipinski definition) is 5. The number of anilines is 1. The van der Waals surface area contributed by atoms with Gasteiger partial charge in [0.1, 0.15) is 29.6 Å². The molecular formula is C28H36N4O10S. The topological polar surface area (TPSA) is 210 Å². The van der Waals surface area contributed by atoms with Gasteiger partial charge in [-0.25, -0.2) is 18.0 Å². The van der Waals surface area contributed by atoms with Crippen LogP contribution in [-0.4, -0.2) is 66.1 Å². The summed E-state index contributed by atoms with van der Waals surface area (Å²) in [6.07, 6.45) is 4.47. The monoisotopic (exact) mass is 620 g/mol. The third kappa shape index (κ3) is 11.0. The highest BCUT2D eigenvalue weighted by Crippen LogP contribution is 2.22. The number of carboxylic acid groups (broad SMARTS) is 1. The molecule has 1 aromatic heterocycles. The minimum atomic E-state index is -4.52. The SMILES string of the molecule is CCOC(=O)C=CCC[C@H](NS(=O)(=O)c1ccc(O)c(C(=O)O)c1)C(=O)Nc1cccn(CC(=O)NCCC(C)C)c1=O. The van der Waals surface area contributed by atoms with Crippen molar-refractivity contribution in [1.82, 2.24) is 14.6 Å². The van der Waals surface area contributed by atoms with Crippen LogP contribution in [-0.2, 0) is 35.7 Å². The summed E-state index contributed by atoms with van der Waals surface area (Å²) in [6.45, 7) is 5.91. The van der Waals surface area contributed by atoms with E-state index in [9.17, 15) is 42.6 Å². The van der Waals surface area contributed by atoms with Gasteiger partial charge in [0.15, 0.2) is 0 Å². The van der Waals surface area contributed by atoms with Gasteiger partial charge >= 0.3 is 11.9 Å². The highest BCUT2D eigenvalue weighted by Gasteiger charge is 2.27. The Bertz CT molecular complexity index is 1520. The largest absolute Gasteiger partial charge is 0.507 e. The van der Waals surface area contributed by atoms with E-state index >= 15 is 0 Å². The molecule has 0 fully saturated rings. The summed E-state index contributed by atoms with van der Waals surface area (Å²) >= 11 is 0. The minimum absolute atomic E-state index is 0.0327. The van der Waals surface area contributed by atoms with E-state index < -0.39 is 61.6 Å². The van der Waals surface area contributed by atoms with Crippen LogP contribution in [0.25, 0.3) is 0 Å². The number of aromatic carboxylic acids is 1. The van der Waals surface area contributed by atoms with E-state index in [1.54, 1.807) is 6.92 Å². The molecule has 2 amide bonds. The average molecular weight is 621 g/mol. The normalized spacial score (nSPS) is 12.2. The molecule has 0 spiro atoms. The van der Waals surface area contributed by atoms with Crippen molar-refractivity contribution < 1.29 is 42.5 Å². The molecule has 0 unspecified atom stereocenters. The van der Waals surface area contributed by atoms with Gasteiger partial charge in [-0.3, -0.25) is 14.4 Å². The Balaban J connectivity index is 2.29. The van der Waals surface area contributed by atoms with Crippen LogP contribution in [0, 0.1) is 5.92 Å². The van der Waals surface area contributed by atoms with E-state index in [4.69, 9.17) is 4.74 Å². The second-order valence-corrected chi connectivity index (χ2v) is 11.5. The van der Waals surface area contributed by atoms with Crippen molar-refractivity contribution in [3.05, 3.63) is 64.6 Å². The lowest BCUT2D eigenvalue weighted by atomic mass is 10.1. The number of carboxylic acids is 1. The standard InChI is InChI=1S/C28H36N4O10S/c1-4-42-25(35)10-6-5-8-21(31-43(40,41)19-11-12-23(33)20(16-19)28(38)39)26(36)30-22-9-7-15-32(27(22)37)17-24(34)29-14-13-18(2)3/h6-7,9-12,15-16,18,21,31,33H,4-5,8,13-14,17H2,1-3H3,(H,29,34)(H,30,36)(H,38,39)/t21-/m0/s1. The van der Waals surface area contributed by atoms with Gasteiger partial charge in [0.05, 0.1) is 11.5 Å². The summed E-state index contributed by atoms with van der Waals surface area (Å²) in [5, 5.41) is 24.1. The molecule has 0 aliphatic rings. The van der Waals surface area contributed by atoms with E-state index in [2.05, 4.69) is 15.4 Å². The fourth-order valence-corrected chi connectivity index (χ4v) is 4.93. The van der Waals surface area contributed by atoms with Gasteiger partial charge in [-0.05, 0) is 62.4 Å². The Kier molecular flexibility index (Phi) is 13.1. The van der Waals surface area contributed by atoms with E-state index in [0.29, 0.717) is 12.5 Å². The zero-order valence-electron chi connectivity index (χ0n) is 24.0. The van der Waals surface area contributed by atoms with Gasteiger partial charge in [0.25, 0.3) is 5.56 Å². The first-order valence-corrected chi connectivity index (χ1v) is 14.9. The number of rotatable bonds is 16. The lowest BCUT2D eigenvalue weighted by molar-refractivity contribution is -0.137. The van der Waals surface area contributed by atoms with Crippen LogP contribution >= 0.6 is 0 Å². The van der Waals surface area contributed by atoms with Gasteiger partial charge < -0.3 is 30.2 Å². The van der Waals surface area contributed by atoms with Crippen molar-refractivity contribution in [2.24, 2.45) is 5.92 Å². The molecule has 2 rings (SSSR count). The summed E-state index contributed by atoms with van der Waals surface area (Å²) in [6, 6.07) is 3.81. The van der Waals surface area contributed by atoms with Gasteiger partial charge in [0, 0.05) is 18.8 Å². The summed E-state index contributed by atoms with van der Waals surface area (Å²) in [5.41, 5.74) is -1.59. The molecule has 5 N–H and O–H groups in total. The zero-order chi connectivity index (χ0) is 32.2. The maximum Gasteiger partial charge on any atom is 0.339 e. The number of esters is 1. The van der Waals surface area contributed by atoms with Crippen molar-refractivity contribution in [3.8, 4) is 5.75 Å². The van der Waals surface area contributed by atoms with Crippen LogP contribution in [0.3, 0.4) is 0 Å². The summed E-state index contributed by atoms with van der Waals surface area (Å²) in [5.74, 6) is -3.81. The Hall–Kier alpha value is -4.50. The molecule has 2 aromatic rings. The molecule has 15 heteroatoms. The van der Waals surface area contributed by atoms with Gasteiger partial charge in [-0.2, -0.15) is 4.72 Å². The van der Waals surface area contributed by atoms with Gasteiger partial charge in [-0.15, -0.1) is 0 Å². The van der Waals surface area contributed by atoms with Crippen molar-refractivity contribution in [3.63, 3.8) is 0 Å². The number of pyridine rings is 1. The highest BCUT2D eigenvalue weighted by molar-refractivity contribution is 7.89. The van der Waals surface area contributed by atoms with Crippen molar-refractivity contribution in [2.45, 2.75) is 57.5 Å². The van der Waals surface area contributed by atoms with Gasteiger partial charge in [-0.1, -0.05) is 19.9 Å². The maximum atomic E-state index is 13.3. The molecule has 0 radical (unpaired) electrons. The van der Waals surface area contributed by atoms with Crippen molar-refractivity contribution in [2.75, 3.05) is 18.5 Å². The zero-order valence-corrected chi connectivity index (χ0v) is 24.8. The molecule has 43 heavy (non-hydrogen) atoms. The van der Waals surface area contributed by atoms with Gasteiger partial charge in [0.2, 0.25) is 21.8 Å². The molecule has 14 nitrogen and oxygen atoms in total. The first-order chi connectivity index (χ1) is 20.2. The molecule has 0 saturated heterocycles. The summed E-state index contributed by atoms with van der Waals surface area (Å²) in [7, 11) is -4.52. The average Bonchev–Trinajstić information content (AvgIpc) is 2.92. The third-order valence-electron chi connectivity index (χ3n) is 5.92. The van der Waals surface area contributed by atoms with Crippen LogP contribution in [0.4, 0.5) is 5.69 Å². The number of carbonyl (C=O) groups excluding carboxylic acids is 3. The number of sulfonamides is 1. The number of nitrogens with one attached hydrogen (secondary N) is 3. The van der Waals surface area contributed by atoms with E-state index in [-0.39, 0.29) is 31.7 Å². The quantitative estimate of drug-likeness (QED) is 0.135. The number of hydrogen-bond acceptors (Lipinski definition) is 9. The summed E-state index contributed by atoms with van der Waals surface area (Å²) < 4.78 is 34.3. The number of aromatic nitrogens is 1. The first kappa shape index (κ1) is 34.7. The highest BCUT2D eigenvalue weighted by atomic mass is 32.2. The first-order valence-electron chi connectivity index (χ1n) is 13.4. The number of ether oxygens (including phenoxy) is 1. The Morgan fingerprint density at radius 1 is 1.12 bits per heavy atom. The molecular weight excluding hydrogens is 584 g/mol. The maximum absolute atomic E-state index is 13.3. The smallest absolute Gasteiger partial charge is 0.339 e. The number of allylic oxidation sites excluding steroid dienone is 1. The predicted octanol–water partition coefficient (Wildman–Crippen LogP) is 1.60. The number of nitrogens with zero attached hydrogens (tertiary/aromatic N) is 1. The fraction of sp³-hybridized carbons (Fsp3) is 0.393. The lowest BCUT2D eigenvalue weighted by Crippen LogP contribution is -2.44. The van der Waals surface area contributed by atoms with Crippen LogP contribution in [0.2, 0.25) is 0 Å². The Labute approximate surface area is 248 Å². The molecule has 1 atom stereocenters. The number of aromatic hydroxyl groups is 1. The summed E-state index contributed by atoms with van der Waals surface area (Å²) in [4.78, 5) is 60.9. The lowest BCUT2D eigenvalue weighted by Gasteiger charge is -2.18. The molecule has 0 aliphatic heterocycles. The van der Waals surface area contributed by atoms with E-state index in [1.165, 1.54) is 24.4 Å². The molecule has 1 aromatic carbocycles. The molecule has 1 heterocycles.